The largest absolute Gasteiger partial charge is 0.330 e. The molecule has 0 aromatic carbocycles. The number of carbonyl (C=O) groups excluding carboxylic acids is 1. The fraction of sp³-hybridized carbons (Fsp3) is 0.923. The molecule has 8 heteroatoms. The zero-order valence-corrected chi connectivity index (χ0v) is 12.8. The van der Waals surface area contributed by atoms with Gasteiger partial charge >= 0.3 is 0 Å². The molecule has 5 nitrogen and oxygen atoms in total. The summed E-state index contributed by atoms with van der Waals surface area (Å²) in [7, 11) is -3.26. The molecule has 2 aliphatic heterocycles. The Morgan fingerprint density at radius 2 is 1.86 bits per heavy atom. The fourth-order valence-corrected chi connectivity index (χ4v) is 4.96. The molecule has 0 N–H and O–H groups in total. The van der Waals surface area contributed by atoms with E-state index in [1.54, 1.807) is 0 Å². The molecule has 3 fully saturated rings. The molecule has 3 rings (SSSR count). The van der Waals surface area contributed by atoms with Gasteiger partial charge in [-0.25, -0.2) is 21.5 Å². The number of hydrogen-bond donors (Lipinski definition) is 0. The van der Waals surface area contributed by atoms with Crippen LogP contribution in [0.4, 0.5) is 8.78 Å². The molecule has 120 valence electrons. The van der Waals surface area contributed by atoms with Crippen molar-refractivity contribution in [2.75, 3.05) is 32.4 Å². The van der Waals surface area contributed by atoms with Crippen molar-refractivity contribution < 1.29 is 22.0 Å². The molecule has 2 atom stereocenters. The number of carbonyl (C=O) groups is 1. The quantitative estimate of drug-likeness (QED) is 0.759. The topological polar surface area (TPSA) is 57.7 Å². The maximum absolute atomic E-state index is 12.9. The Hall–Kier alpha value is -0.760. The van der Waals surface area contributed by atoms with Crippen LogP contribution in [0.2, 0.25) is 0 Å². The summed E-state index contributed by atoms with van der Waals surface area (Å²) in [4.78, 5) is 13.7. The Morgan fingerprint density at radius 3 is 2.38 bits per heavy atom. The monoisotopic (exact) mass is 322 g/mol. The Labute approximate surface area is 123 Å². The zero-order valence-electron chi connectivity index (χ0n) is 12.0. The van der Waals surface area contributed by atoms with E-state index in [2.05, 4.69) is 0 Å². The molecule has 0 radical (unpaired) electrons. The van der Waals surface area contributed by atoms with Crippen LogP contribution in [0.15, 0.2) is 0 Å². The highest BCUT2D eigenvalue weighted by molar-refractivity contribution is 7.88. The Kier molecular flexibility index (Phi) is 3.33. The van der Waals surface area contributed by atoms with E-state index in [-0.39, 0.29) is 17.2 Å². The number of nitrogens with zero attached hydrogens (tertiary/aromatic N) is 2. The molecule has 0 bridgehead atoms. The summed E-state index contributed by atoms with van der Waals surface area (Å²) in [6, 6.07) is 0. The van der Waals surface area contributed by atoms with Crippen LogP contribution in [-0.2, 0) is 14.8 Å². The highest BCUT2D eigenvalue weighted by Gasteiger charge is 2.55. The first-order valence-corrected chi connectivity index (χ1v) is 9.10. The minimum Gasteiger partial charge on any atom is -0.330 e. The van der Waals surface area contributed by atoms with Crippen molar-refractivity contribution in [2.24, 2.45) is 11.3 Å². The molecule has 0 unspecified atom stereocenters. The predicted molar refractivity (Wildman–Crippen MR) is 72.3 cm³/mol. The molecule has 1 amide bonds. The van der Waals surface area contributed by atoms with E-state index in [0.717, 1.165) is 12.8 Å². The van der Waals surface area contributed by atoms with Crippen LogP contribution in [-0.4, -0.2) is 61.9 Å². The molecule has 2 heterocycles. The second kappa shape index (κ2) is 4.62. The first kappa shape index (κ1) is 15.1. The number of rotatable bonds is 2. The van der Waals surface area contributed by atoms with E-state index in [0.29, 0.717) is 25.9 Å². The van der Waals surface area contributed by atoms with Crippen molar-refractivity contribution in [3.05, 3.63) is 0 Å². The molecule has 3 aliphatic rings. The van der Waals surface area contributed by atoms with Crippen LogP contribution in [0.3, 0.4) is 0 Å². The Bertz CT molecular complexity index is 558. The van der Waals surface area contributed by atoms with Gasteiger partial charge in [-0.05, 0) is 24.7 Å². The van der Waals surface area contributed by atoms with Crippen molar-refractivity contribution >= 4 is 15.9 Å². The number of amides is 1. The number of likely N-dealkylation sites (tertiary alicyclic amines) is 1. The average molecular weight is 322 g/mol. The van der Waals surface area contributed by atoms with Crippen LogP contribution >= 0.6 is 0 Å². The van der Waals surface area contributed by atoms with Gasteiger partial charge < -0.3 is 4.90 Å². The van der Waals surface area contributed by atoms with Gasteiger partial charge in [0, 0.05) is 19.0 Å². The minimum atomic E-state index is -3.26. The summed E-state index contributed by atoms with van der Waals surface area (Å²) in [6.07, 6.45) is 4.17. The SMILES string of the molecule is CS(=O)(=O)N1CC[C@]2(CCC[C@H]2C(=O)N2CC(F)(F)C2)C1. The molecule has 1 spiro atoms. The lowest BCUT2D eigenvalue weighted by Gasteiger charge is -2.42. The summed E-state index contributed by atoms with van der Waals surface area (Å²) >= 11 is 0. The Balaban J connectivity index is 1.73. The molecule has 0 aromatic rings. The Morgan fingerprint density at radius 1 is 1.19 bits per heavy atom. The number of alkyl halides is 2. The third kappa shape index (κ3) is 2.56. The number of sulfonamides is 1. The van der Waals surface area contributed by atoms with Crippen LogP contribution < -0.4 is 0 Å². The first-order chi connectivity index (χ1) is 9.63. The van der Waals surface area contributed by atoms with Gasteiger partial charge in [0.25, 0.3) is 5.92 Å². The summed E-state index contributed by atoms with van der Waals surface area (Å²) < 4.78 is 50.6. The highest BCUT2D eigenvalue weighted by atomic mass is 32.2. The van der Waals surface area contributed by atoms with Crippen molar-refractivity contribution in [3.8, 4) is 0 Å². The normalized spacial score (nSPS) is 36.1. The molecule has 2 saturated heterocycles. The van der Waals surface area contributed by atoms with Crippen molar-refractivity contribution in [1.82, 2.24) is 9.21 Å². The van der Waals surface area contributed by atoms with Gasteiger partial charge in [-0.1, -0.05) is 6.42 Å². The second-order valence-electron chi connectivity index (χ2n) is 6.70. The van der Waals surface area contributed by atoms with E-state index in [1.165, 1.54) is 15.5 Å². The molecular weight excluding hydrogens is 302 g/mol. The summed E-state index contributed by atoms with van der Waals surface area (Å²) in [5.41, 5.74) is -0.342. The predicted octanol–water partition coefficient (Wildman–Crippen LogP) is 0.916. The van der Waals surface area contributed by atoms with E-state index in [9.17, 15) is 22.0 Å². The van der Waals surface area contributed by atoms with Crippen LogP contribution in [0.1, 0.15) is 25.7 Å². The smallest absolute Gasteiger partial charge is 0.282 e. The van der Waals surface area contributed by atoms with Gasteiger partial charge in [-0.15, -0.1) is 0 Å². The van der Waals surface area contributed by atoms with Crippen LogP contribution in [0, 0.1) is 11.3 Å². The van der Waals surface area contributed by atoms with E-state index >= 15 is 0 Å². The van der Waals surface area contributed by atoms with Crippen molar-refractivity contribution in [3.63, 3.8) is 0 Å². The summed E-state index contributed by atoms with van der Waals surface area (Å²) in [6.45, 7) is -0.201. The maximum atomic E-state index is 12.9. The van der Waals surface area contributed by atoms with Gasteiger partial charge in [0.1, 0.15) is 0 Å². The lowest BCUT2D eigenvalue weighted by Crippen LogP contribution is -2.60. The molecular formula is C13H20F2N2O3S. The van der Waals surface area contributed by atoms with Crippen LogP contribution in [0.5, 0.6) is 0 Å². The number of halogens is 2. The van der Waals surface area contributed by atoms with Gasteiger partial charge in [0.15, 0.2) is 0 Å². The van der Waals surface area contributed by atoms with E-state index in [4.69, 9.17) is 0 Å². The lowest BCUT2D eigenvalue weighted by molar-refractivity contribution is -0.172. The van der Waals surface area contributed by atoms with Crippen molar-refractivity contribution in [1.29, 1.82) is 0 Å². The maximum Gasteiger partial charge on any atom is 0.282 e. The van der Waals surface area contributed by atoms with Gasteiger partial charge in [0.2, 0.25) is 15.9 Å². The highest BCUT2D eigenvalue weighted by Crippen LogP contribution is 2.51. The van der Waals surface area contributed by atoms with Gasteiger partial charge in [-0.2, -0.15) is 0 Å². The first-order valence-electron chi connectivity index (χ1n) is 7.25. The van der Waals surface area contributed by atoms with Crippen molar-refractivity contribution in [2.45, 2.75) is 31.6 Å². The van der Waals surface area contributed by atoms with Gasteiger partial charge in [-0.3, -0.25) is 4.79 Å². The third-order valence-electron chi connectivity index (χ3n) is 5.18. The molecule has 21 heavy (non-hydrogen) atoms. The molecule has 0 aromatic heterocycles. The second-order valence-corrected chi connectivity index (χ2v) is 8.69. The third-order valence-corrected chi connectivity index (χ3v) is 6.43. The van der Waals surface area contributed by atoms with E-state index < -0.39 is 29.0 Å². The lowest BCUT2D eigenvalue weighted by atomic mass is 9.76. The minimum absolute atomic E-state index is 0.214. The average Bonchev–Trinajstić information content (AvgIpc) is 2.93. The summed E-state index contributed by atoms with van der Waals surface area (Å²) in [5.74, 6) is -3.27. The summed E-state index contributed by atoms with van der Waals surface area (Å²) in [5, 5.41) is 0. The van der Waals surface area contributed by atoms with Gasteiger partial charge in [0.05, 0.1) is 19.3 Å². The molecule has 1 aliphatic carbocycles. The molecule has 1 saturated carbocycles. The zero-order chi connectivity index (χ0) is 15.5. The van der Waals surface area contributed by atoms with Crippen LogP contribution in [0.25, 0.3) is 0 Å². The number of hydrogen-bond acceptors (Lipinski definition) is 3. The van der Waals surface area contributed by atoms with E-state index in [1.807, 2.05) is 0 Å². The standard InChI is InChI=1S/C13H20F2N2O3S/c1-21(19,20)17-6-5-12(7-17)4-2-3-10(12)11(18)16-8-13(14,15)9-16/h10H,2-9H2,1H3/t10-,12+/m0/s1. The fourth-order valence-electron chi connectivity index (χ4n) is 4.04.